The highest BCUT2D eigenvalue weighted by Gasteiger charge is 2.31. The van der Waals surface area contributed by atoms with E-state index >= 15 is 0 Å². The van der Waals surface area contributed by atoms with Gasteiger partial charge in [0, 0.05) is 24.7 Å². The second-order valence-electron chi connectivity index (χ2n) is 8.09. The first-order chi connectivity index (χ1) is 15.3. The van der Waals surface area contributed by atoms with Crippen LogP contribution in [0.25, 0.3) is 0 Å². The molecular formula is C24H30N2O5S. The maximum atomic E-state index is 12.8. The van der Waals surface area contributed by atoms with Gasteiger partial charge in [0.2, 0.25) is 15.9 Å². The maximum Gasteiger partial charge on any atom is 0.337 e. The van der Waals surface area contributed by atoms with Crippen molar-refractivity contribution in [2.75, 3.05) is 31.3 Å². The summed E-state index contributed by atoms with van der Waals surface area (Å²) in [4.78, 5) is 24.5. The number of amides is 1. The zero-order valence-electron chi connectivity index (χ0n) is 18.5. The average Bonchev–Trinajstić information content (AvgIpc) is 2.80. The molecule has 1 N–H and O–H groups in total. The number of methoxy groups -OCH3 is 1. The normalized spacial score (nSPS) is 15.3. The standard InChI is InChI=1S/C24H30N2O5S/c1-18-10-11-21(24(28)31-2)17-22(18)25-23(27)20-12-14-26(15-13-20)32(29,30)16-6-9-19-7-4-3-5-8-19/h3-5,7-8,10-11,17,20H,6,9,12-16H2,1-2H3,(H,25,27). The number of esters is 1. The predicted molar refractivity (Wildman–Crippen MR) is 124 cm³/mol. The van der Waals surface area contributed by atoms with Gasteiger partial charge in [0.25, 0.3) is 0 Å². The van der Waals surface area contributed by atoms with Crippen molar-refractivity contribution in [1.82, 2.24) is 4.31 Å². The minimum atomic E-state index is -3.34. The first-order valence-electron chi connectivity index (χ1n) is 10.8. The van der Waals surface area contributed by atoms with E-state index < -0.39 is 16.0 Å². The quantitative estimate of drug-likeness (QED) is 0.612. The molecule has 0 aromatic heterocycles. The van der Waals surface area contributed by atoms with Crippen LogP contribution in [-0.4, -0.2) is 50.6 Å². The minimum absolute atomic E-state index is 0.109. The third kappa shape index (κ3) is 6.17. The SMILES string of the molecule is COC(=O)c1ccc(C)c(NC(=O)C2CCN(S(=O)(=O)CCCc3ccccc3)CC2)c1. The van der Waals surface area contributed by atoms with Gasteiger partial charge < -0.3 is 10.1 Å². The Kier molecular flexibility index (Phi) is 8.04. The first kappa shape index (κ1) is 23.9. The van der Waals surface area contributed by atoms with Crippen molar-refractivity contribution in [3.8, 4) is 0 Å². The number of anilines is 1. The van der Waals surface area contributed by atoms with E-state index in [0.29, 0.717) is 43.6 Å². The van der Waals surface area contributed by atoms with Crippen LogP contribution in [0, 0.1) is 12.8 Å². The zero-order valence-corrected chi connectivity index (χ0v) is 19.4. The van der Waals surface area contributed by atoms with Crippen molar-refractivity contribution < 1.29 is 22.7 Å². The molecule has 2 aromatic rings. The summed E-state index contributed by atoms with van der Waals surface area (Å²) in [5, 5.41) is 2.89. The van der Waals surface area contributed by atoms with Crippen LogP contribution in [0.2, 0.25) is 0 Å². The van der Waals surface area contributed by atoms with Gasteiger partial charge >= 0.3 is 5.97 Å². The lowest BCUT2D eigenvalue weighted by molar-refractivity contribution is -0.120. The van der Waals surface area contributed by atoms with Gasteiger partial charge in [-0.05, 0) is 55.9 Å². The number of hydrogen-bond donors (Lipinski definition) is 1. The Labute approximate surface area is 189 Å². The van der Waals surface area contributed by atoms with Crippen LogP contribution in [0.5, 0.6) is 0 Å². The van der Waals surface area contributed by atoms with Gasteiger partial charge in [-0.15, -0.1) is 0 Å². The predicted octanol–water partition coefficient (Wildman–Crippen LogP) is 3.39. The van der Waals surface area contributed by atoms with Crippen LogP contribution in [0.4, 0.5) is 5.69 Å². The Bertz CT molecular complexity index is 1050. The molecule has 1 aliphatic heterocycles. The van der Waals surface area contributed by atoms with Gasteiger partial charge in [0.1, 0.15) is 0 Å². The van der Waals surface area contributed by atoms with Crippen LogP contribution in [0.3, 0.4) is 0 Å². The number of aryl methyl sites for hydroxylation is 2. The highest BCUT2D eigenvalue weighted by atomic mass is 32.2. The summed E-state index contributed by atoms with van der Waals surface area (Å²) >= 11 is 0. The highest BCUT2D eigenvalue weighted by Crippen LogP contribution is 2.24. The van der Waals surface area contributed by atoms with E-state index in [0.717, 1.165) is 17.5 Å². The number of carbonyl (C=O) groups is 2. The van der Waals surface area contributed by atoms with E-state index in [2.05, 4.69) is 5.32 Å². The van der Waals surface area contributed by atoms with Gasteiger partial charge in [0.05, 0.1) is 18.4 Å². The number of sulfonamides is 1. The first-order valence-corrected chi connectivity index (χ1v) is 12.4. The van der Waals surface area contributed by atoms with E-state index in [1.54, 1.807) is 18.2 Å². The molecule has 7 nitrogen and oxygen atoms in total. The van der Waals surface area contributed by atoms with Crippen LogP contribution in [-0.2, 0) is 26.0 Å². The molecule has 0 spiro atoms. The molecule has 1 heterocycles. The molecule has 0 unspecified atom stereocenters. The molecule has 1 saturated heterocycles. The Morgan fingerprint density at radius 2 is 1.78 bits per heavy atom. The number of ether oxygens (including phenoxy) is 1. The van der Waals surface area contributed by atoms with E-state index in [4.69, 9.17) is 4.74 Å². The summed E-state index contributed by atoms with van der Waals surface area (Å²) in [6.07, 6.45) is 2.24. The average molecular weight is 459 g/mol. The van der Waals surface area contributed by atoms with Gasteiger partial charge in [0.15, 0.2) is 0 Å². The number of nitrogens with one attached hydrogen (secondary N) is 1. The van der Waals surface area contributed by atoms with Gasteiger partial charge in [-0.2, -0.15) is 0 Å². The fourth-order valence-corrected chi connectivity index (χ4v) is 5.40. The van der Waals surface area contributed by atoms with Crippen molar-refractivity contribution in [2.24, 2.45) is 5.92 Å². The third-order valence-corrected chi connectivity index (χ3v) is 7.80. The van der Waals surface area contributed by atoms with Crippen LogP contribution in [0.15, 0.2) is 48.5 Å². The number of piperidine rings is 1. The summed E-state index contributed by atoms with van der Waals surface area (Å²) in [5.41, 5.74) is 2.90. The maximum absolute atomic E-state index is 12.8. The summed E-state index contributed by atoms with van der Waals surface area (Å²) in [6.45, 7) is 2.53. The summed E-state index contributed by atoms with van der Waals surface area (Å²) < 4.78 is 31.6. The van der Waals surface area contributed by atoms with E-state index in [1.807, 2.05) is 37.3 Å². The highest BCUT2D eigenvalue weighted by molar-refractivity contribution is 7.89. The molecule has 1 aliphatic rings. The fraction of sp³-hybridized carbons (Fsp3) is 0.417. The molecule has 1 amide bonds. The molecule has 172 valence electrons. The zero-order chi connectivity index (χ0) is 23.1. The number of nitrogens with zero attached hydrogens (tertiary/aromatic N) is 1. The molecule has 0 aliphatic carbocycles. The Morgan fingerprint density at radius 3 is 2.44 bits per heavy atom. The molecule has 0 bridgehead atoms. The lowest BCUT2D eigenvalue weighted by Gasteiger charge is -2.30. The van der Waals surface area contributed by atoms with Crippen molar-refractivity contribution in [2.45, 2.75) is 32.6 Å². The summed E-state index contributed by atoms with van der Waals surface area (Å²) in [7, 11) is -2.03. The molecular weight excluding hydrogens is 428 g/mol. The van der Waals surface area contributed by atoms with Crippen molar-refractivity contribution >= 4 is 27.6 Å². The number of hydrogen-bond acceptors (Lipinski definition) is 5. The molecule has 0 atom stereocenters. The van der Waals surface area contributed by atoms with Crippen molar-refractivity contribution in [3.05, 3.63) is 65.2 Å². The van der Waals surface area contributed by atoms with Crippen LogP contribution >= 0.6 is 0 Å². The van der Waals surface area contributed by atoms with E-state index in [9.17, 15) is 18.0 Å². The second-order valence-corrected chi connectivity index (χ2v) is 10.2. The molecule has 0 saturated carbocycles. The Balaban J connectivity index is 1.51. The molecule has 32 heavy (non-hydrogen) atoms. The number of rotatable bonds is 8. The molecule has 2 aromatic carbocycles. The molecule has 8 heteroatoms. The summed E-state index contributed by atoms with van der Waals surface area (Å²) in [5.74, 6) is -0.785. The number of carbonyl (C=O) groups excluding carboxylic acids is 2. The minimum Gasteiger partial charge on any atom is -0.465 e. The smallest absolute Gasteiger partial charge is 0.337 e. The van der Waals surface area contributed by atoms with E-state index in [-0.39, 0.29) is 17.6 Å². The van der Waals surface area contributed by atoms with Crippen molar-refractivity contribution in [1.29, 1.82) is 0 Å². The van der Waals surface area contributed by atoms with E-state index in [1.165, 1.54) is 11.4 Å². The second kappa shape index (κ2) is 10.7. The number of benzene rings is 2. The van der Waals surface area contributed by atoms with Gasteiger partial charge in [-0.3, -0.25) is 4.79 Å². The largest absolute Gasteiger partial charge is 0.465 e. The van der Waals surface area contributed by atoms with Crippen molar-refractivity contribution in [3.63, 3.8) is 0 Å². The van der Waals surface area contributed by atoms with Crippen LogP contribution in [0.1, 0.15) is 40.7 Å². The Morgan fingerprint density at radius 1 is 1.09 bits per heavy atom. The Hall–Kier alpha value is -2.71. The summed E-state index contributed by atoms with van der Waals surface area (Å²) in [6, 6.07) is 14.9. The lowest BCUT2D eigenvalue weighted by atomic mass is 9.97. The third-order valence-electron chi connectivity index (χ3n) is 5.85. The van der Waals surface area contributed by atoms with Gasteiger partial charge in [-0.25, -0.2) is 17.5 Å². The van der Waals surface area contributed by atoms with Crippen LogP contribution < -0.4 is 5.32 Å². The molecule has 0 radical (unpaired) electrons. The fourth-order valence-electron chi connectivity index (χ4n) is 3.86. The molecule has 3 rings (SSSR count). The topological polar surface area (TPSA) is 92.8 Å². The monoisotopic (exact) mass is 458 g/mol. The van der Waals surface area contributed by atoms with Gasteiger partial charge in [-0.1, -0.05) is 36.4 Å². The molecule has 1 fully saturated rings. The lowest BCUT2D eigenvalue weighted by Crippen LogP contribution is -2.42.